The van der Waals surface area contributed by atoms with E-state index in [2.05, 4.69) is 29.8 Å². The summed E-state index contributed by atoms with van der Waals surface area (Å²) in [6, 6.07) is 20.7. The fraction of sp³-hybridized carbons (Fsp3) is 0.217. The van der Waals surface area contributed by atoms with Crippen LogP contribution in [0.2, 0.25) is 0 Å². The highest BCUT2D eigenvalue weighted by Gasteiger charge is 2.41. The normalized spacial score (nSPS) is 14.5. The highest BCUT2D eigenvalue weighted by atomic mass is 79.9. The molecular weight excluding hydrogens is 432 g/mol. The van der Waals surface area contributed by atoms with E-state index in [-0.39, 0.29) is 16.0 Å². The highest BCUT2D eigenvalue weighted by Crippen LogP contribution is 2.53. The van der Waals surface area contributed by atoms with E-state index in [0.717, 1.165) is 27.0 Å². The van der Waals surface area contributed by atoms with Gasteiger partial charge in [-0.2, -0.15) is 0 Å². The van der Waals surface area contributed by atoms with Crippen molar-refractivity contribution >= 4 is 33.0 Å². The smallest absolute Gasteiger partial charge is 0.292 e. The van der Waals surface area contributed by atoms with Crippen LogP contribution in [-0.2, 0) is 12.0 Å². The Hall–Kier alpha value is -2.86. The van der Waals surface area contributed by atoms with Crippen molar-refractivity contribution in [2.24, 2.45) is 0 Å². The molecule has 0 spiro atoms. The van der Waals surface area contributed by atoms with Gasteiger partial charge in [-0.25, -0.2) is 0 Å². The summed E-state index contributed by atoms with van der Waals surface area (Å²) in [4.78, 5) is 13.3. The number of halogens is 1. The molecule has 3 aromatic rings. The molecule has 148 valence electrons. The molecule has 0 unspecified atom stereocenters. The average Bonchev–Trinajstić information content (AvgIpc) is 3.00. The number of fused-ring (bicyclic) bond motifs is 1. The topological polar surface area (TPSA) is 55.6 Å². The Morgan fingerprint density at radius 3 is 2.48 bits per heavy atom. The maximum Gasteiger partial charge on any atom is 0.292 e. The SMILES string of the molecule is CC1(C)CN(c2ccccc2[N+](=O)[O-])c2c(OCc3ccccc3)ccc(Br)c21. The zero-order valence-corrected chi connectivity index (χ0v) is 17.8. The van der Waals surface area contributed by atoms with E-state index in [1.807, 2.05) is 53.4 Å². The average molecular weight is 453 g/mol. The van der Waals surface area contributed by atoms with Gasteiger partial charge >= 0.3 is 0 Å². The Balaban J connectivity index is 1.82. The highest BCUT2D eigenvalue weighted by molar-refractivity contribution is 9.10. The first kappa shape index (κ1) is 19.5. The van der Waals surface area contributed by atoms with Crippen LogP contribution in [0.5, 0.6) is 5.75 Å². The van der Waals surface area contributed by atoms with E-state index in [9.17, 15) is 10.1 Å². The van der Waals surface area contributed by atoms with E-state index in [1.165, 1.54) is 0 Å². The van der Waals surface area contributed by atoms with Crippen molar-refractivity contribution in [3.63, 3.8) is 0 Å². The van der Waals surface area contributed by atoms with Crippen LogP contribution in [0.3, 0.4) is 0 Å². The van der Waals surface area contributed by atoms with Crippen LogP contribution in [-0.4, -0.2) is 11.5 Å². The van der Waals surface area contributed by atoms with E-state index in [4.69, 9.17) is 4.74 Å². The van der Waals surface area contributed by atoms with Crippen LogP contribution >= 0.6 is 15.9 Å². The van der Waals surface area contributed by atoms with Gasteiger partial charge in [0.1, 0.15) is 18.0 Å². The molecule has 0 fully saturated rings. The lowest BCUT2D eigenvalue weighted by molar-refractivity contribution is -0.384. The van der Waals surface area contributed by atoms with E-state index in [1.54, 1.807) is 18.2 Å². The van der Waals surface area contributed by atoms with Crippen molar-refractivity contribution < 1.29 is 9.66 Å². The number of nitro benzene ring substituents is 1. The number of nitrogens with zero attached hydrogens (tertiary/aromatic N) is 2. The van der Waals surface area contributed by atoms with Gasteiger partial charge < -0.3 is 9.64 Å². The molecule has 1 heterocycles. The van der Waals surface area contributed by atoms with E-state index < -0.39 is 0 Å². The van der Waals surface area contributed by atoms with Crippen molar-refractivity contribution in [2.75, 3.05) is 11.4 Å². The molecular formula is C23H21BrN2O3. The predicted octanol–water partition coefficient (Wildman–Crippen LogP) is 6.37. The molecule has 1 aliphatic heterocycles. The molecule has 1 aliphatic rings. The molecule has 5 nitrogen and oxygen atoms in total. The molecule has 0 saturated heterocycles. The molecule has 3 aromatic carbocycles. The van der Waals surface area contributed by atoms with Crippen molar-refractivity contribution in [1.29, 1.82) is 0 Å². The number of rotatable bonds is 5. The Morgan fingerprint density at radius 1 is 1.07 bits per heavy atom. The van der Waals surface area contributed by atoms with Gasteiger partial charge in [-0.15, -0.1) is 0 Å². The summed E-state index contributed by atoms with van der Waals surface area (Å²) in [5.74, 6) is 0.718. The minimum Gasteiger partial charge on any atom is -0.487 e. The molecule has 0 aliphatic carbocycles. The zero-order valence-electron chi connectivity index (χ0n) is 16.3. The summed E-state index contributed by atoms with van der Waals surface area (Å²) >= 11 is 3.68. The fourth-order valence-electron chi connectivity index (χ4n) is 3.92. The number of ether oxygens (including phenoxy) is 1. The number of nitro groups is 1. The summed E-state index contributed by atoms with van der Waals surface area (Å²) in [5.41, 5.74) is 3.51. The third-order valence-electron chi connectivity index (χ3n) is 5.20. The van der Waals surface area contributed by atoms with Crippen LogP contribution in [0.4, 0.5) is 17.1 Å². The monoisotopic (exact) mass is 452 g/mol. The van der Waals surface area contributed by atoms with Crippen molar-refractivity contribution in [3.05, 3.63) is 92.4 Å². The summed E-state index contributed by atoms with van der Waals surface area (Å²) in [6.45, 7) is 5.34. The van der Waals surface area contributed by atoms with Crippen molar-refractivity contribution in [1.82, 2.24) is 0 Å². The van der Waals surface area contributed by atoms with Crippen LogP contribution < -0.4 is 9.64 Å². The van der Waals surface area contributed by atoms with Crippen LogP contribution in [0.25, 0.3) is 0 Å². The maximum absolute atomic E-state index is 11.7. The lowest BCUT2D eigenvalue weighted by atomic mass is 9.87. The van der Waals surface area contributed by atoms with Crippen LogP contribution in [0.15, 0.2) is 71.2 Å². The third kappa shape index (κ3) is 3.60. The molecule has 0 atom stereocenters. The van der Waals surface area contributed by atoms with Gasteiger partial charge in [0.15, 0.2) is 0 Å². The van der Waals surface area contributed by atoms with Gasteiger partial charge in [-0.3, -0.25) is 10.1 Å². The van der Waals surface area contributed by atoms with Gasteiger partial charge in [0, 0.05) is 28.1 Å². The number of para-hydroxylation sites is 2. The van der Waals surface area contributed by atoms with Crippen LogP contribution in [0, 0.1) is 10.1 Å². The first-order chi connectivity index (χ1) is 13.9. The number of benzene rings is 3. The minimum absolute atomic E-state index is 0.0881. The molecule has 0 aromatic heterocycles. The summed E-state index contributed by atoms with van der Waals surface area (Å²) < 4.78 is 7.18. The Morgan fingerprint density at radius 2 is 1.76 bits per heavy atom. The van der Waals surface area contributed by atoms with Crippen LogP contribution in [0.1, 0.15) is 25.0 Å². The summed E-state index contributed by atoms with van der Waals surface area (Å²) in [6.07, 6.45) is 0. The molecule has 0 N–H and O–H groups in total. The zero-order chi connectivity index (χ0) is 20.6. The van der Waals surface area contributed by atoms with Crippen molar-refractivity contribution in [2.45, 2.75) is 25.9 Å². The predicted molar refractivity (Wildman–Crippen MR) is 118 cm³/mol. The second kappa shape index (κ2) is 7.52. The second-order valence-electron chi connectivity index (χ2n) is 7.76. The van der Waals surface area contributed by atoms with Gasteiger partial charge in [-0.1, -0.05) is 72.2 Å². The fourth-order valence-corrected chi connectivity index (χ4v) is 4.77. The second-order valence-corrected chi connectivity index (χ2v) is 8.61. The quantitative estimate of drug-likeness (QED) is 0.333. The van der Waals surface area contributed by atoms with Crippen molar-refractivity contribution in [3.8, 4) is 5.75 Å². The van der Waals surface area contributed by atoms with Gasteiger partial charge in [0.2, 0.25) is 0 Å². The summed E-state index contributed by atoms with van der Waals surface area (Å²) in [5, 5.41) is 11.7. The third-order valence-corrected chi connectivity index (χ3v) is 5.86. The van der Waals surface area contributed by atoms with Gasteiger partial charge in [-0.05, 0) is 23.8 Å². The molecule has 0 amide bonds. The molecule has 6 heteroatoms. The lowest BCUT2D eigenvalue weighted by Crippen LogP contribution is -2.25. The van der Waals surface area contributed by atoms with Gasteiger partial charge in [0.25, 0.3) is 5.69 Å². The molecule has 0 bridgehead atoms. The summed E-state index contributed by atoms with van der Waals surface area (Å²) in [7, 11) is 0. The molecule has 0 radical (unpaired) electrons. The molecule has 4 rings (SSSR count). The Labute approximate surface area is 178 Å². The number of anilines is 2. The number of hydrogen-bond donors (Lipinski definition) is 0. The van der Waals surface area contributed by atoms with E-state index >= 15 is 0 Å². The molecule has 29 heavy (non-hydrogen) atoms. The maximum atomic E-state index is 11.7. The van der Waals surface area contributed by atoms with Gasteiger partial charge in [0.05, 0.1) is 10.6 Å². The largest absolute Gasteiger partial charge is 0.487 e. The number of hydrogen-bond acceptors (Lipinski definition) is 4. The first-order valence-corrected chi connectivity index (χ1v) is 10.2. The lowest BCUT2D eigenvalue weighted by Gasteiger charge is -2.23. The first-order valence-electron chi connectivity index (χ1n) is 9.39. The Kier molecular flexibility index (Phi) is 5.04. The molecule has 0 saturated carbocycles. The Bertz CT molecular complexity index is 1070. The minimum atomic E-state index is -0.331. The van der Waals surface area contributed by atoms with E-state index in [0.29, 0.717) is 18.8 Å². The standard InChI is InChI=1S/C23H21BrN2O3/c1-23(2)15-25(18-10-6-7-11-19(18)26(27)28)22-20(13-12-17(24)21(22)23)29-14-16-8-4-3-5-9-16/h3-13H,14-15H2,1-2H3.